The SMILES string of the molecule is C/C=C/C1CN=NN1c1ccc(Br)cc1. The fourth-order valence-electron chi connectivity index (χ4n) is 1.53. The third-order valence-corrected chi connectivity index (χ3v) is 2.78. The Morgan fingerprint density at radius 3 is 2.80 bits per heavy atom. The van der Waals surface area contributed by atoms with Gasteiger partial charge in [-0.3, -0.25) is 0 Å². The third-order valence-electron chi connectivity index (χ3n) is 2.25. The second-order valence-electron chi connectivity index (χ2n) is 3.33. The van der Waals surface area contributed by atoms with Crippen molar-refractivity contribution < 1.29 is 0 Å². The van der Waals surface area contributed by atoms with E-state index >= 15 is 0 Å². The summed E-state index contributed by atoms with van der Waals surface area (Å²) in [5.41, 5.74) is 1.07. The topological polar surface area (TPSA) is 28.0 Å². The molecular weight excluding hydrogens is 254 g/mol. The Hall–Kier alpha value is -1.16. The number of rotatable bonds is 2. The highest BCUT2D eigenvalue weighted by Gasteiger charge is 2.20. The summed E-state index contributed by atoms with van der Waals surface area (Å²) < 4.78 is 1.07. The lowest BCUT2D eigenvalue weighted by Crippen LogP contribution is -2.26. The van der Waals surface area contributed by atoms with E-state index in [0.29, 0.717) is 0 Å². The molecule has 1 aliphatic heterocycles. The molecule has 0 fully saturated rings. The van der Waals surface area contributed by atoms with Gasteiger partial charge in [-0.15, -0.1) is 0 Å². The van der Waals surface area contributed by atoms with Crippen molar-refractivity contribution in [2.45, 2.75) is 13.0 Å². The Kier molecular flexibility index (Phi) is 3.16. The molecule has 0 radical (unpaired) electrons. The van der Waals surface area contributed by atoms with Crippen LogP contribution in [0.5, 0.6) is 0 Å². The number of anilines is 1. The molecule has 0 N–H and O–H groups in total. The van der Waals surface area contributed by atoms with Crippen LogP contribution in [0.1, 0.15) is 6.92 Å². The Bertz CT molecular complexity index is 383. The van der Waals surface area contributed by atoms with Gasteiger partial charge in [-0.2, -0.15) is 5.11 Å². The van der Waals surface area contributed by atoms with E-state index in [1.807, 2.05) is 42.3 Å². The van der Waals surface area contributed by atoms with Crippen LogP contribution in [0.15, 0.2) is 51.2 Å². The first-order valence-corrected chi connectivity index (χ1v) is 5.65. The van der Waals surface area contributed by atoms with Crippen molar-refractivity contribution in [2.75, 3.05) is 11.6 Å². The van der Waals surface area contributed by atoms with Gasteiger partial charge in [0.1, 0.15) is 0 Å². The zero-order valence-electron chi connectivity index (χ0n) is 8.47. The van der Waals surface area contributed by atoms with Crippen LogP contribution in [0.25, 0.3) is 0 Å². The van der Waals surface area contributed by atoms with E-state index in [1.165, 1.54) is 0 Å². The van der Waals surface area contributed by atoms with E-state index in [2.05, 4.69) is 32.3 Å². The van der Waals surface area contributed by atoms with E-state index in [4.69, 9.17) is 0 Å². The van der Waals surface area contributed by atoms with E-state index in [9.17, 15) is 0 Å². The molecule has 3 nitrogen and oxygen atoms in total. The van der Waals surface area contributed by atoms with E-state index in [-0.39, 0.29) is 6.04 Å². The van der Waals surface area contributed by atoms with E-state index < -0.39 is 0 Å². The first-order valence-electron chi connectivity index (χ1n) is 4.86. The predicted molar refractivity (Wildman–Crippen MR) is 64.9 cm³/mol. The van der Waals surface area contributed by atoms with Gasteiger partial charge in [-0.1, -0.05) is 33.3 Å². The highest BCUT2D eigenvalue weighted by atomic mass is 79.9. The van der Waals surface area contributed by atoms with Gasteiger partial charge in [0.05, 0.1) is 18.3 Å². The standard InChI is InChI=1S/C11H12BrN3/c1-2-3-11-8-13-14-15(11)10-6-4-9(12)5-7-10/h2-7,11H,8H2,1H3/b3-2+. The minimum absolute atomic E-state index is 0.260. The molecule has 1 atom stereocenters. The molecule has 1 aliphatic rings. The summed E-state index contributed by atoms with van der Waals surface area (Å²) in [5, 5.41) is 10.1. The summed E-state index contributed by atoms with van der Waals surface area (Å²) in [5.74, 6) is 0. The van der Waals surface area contributed by atoms with Crippen LogP contribution in [0.3, 0.4) is 0 Å². The molecule has 1 heterocycles. The number of hydrogen-bond acceptors (Lipinski definition) is 3. The molecule has 15 heavy (non-hydrogen) atoms. The van der Waals surface area contributed by atoms with Gasteiger partial charge in [0.25, 0.3) is 0 Å². The van der Waals surface area contributed by atoms with Crippen LogP contribution in [-0.4, -0.2) is 12.6 Å². The monoisotopic (exact) mass is 265 g/mol. The summed E-state index contributed by atoms with van der Waals surface area (Å²) in [6.07, 6.45) is 4.15. The first kappa shape index (κ1) is 10.4. The maximum Gasteiger partial charge on any atom is 0.0937 e. The molecular formula is C11H12BrN3. The van der Waals surface area contributed by atoms with Gasteiger partial charge < -0.3 is 0 Å². The average molecular weight is 266 g/mol. The summed E-state index contributed by atoms with van der Waals surface area (Å²) in [4.78, 5) is 0. The number of halogens is 1. The Labute approximate surface area is 97.6 Å². The number of benzene rings is 1. The predicted octanol–water partition coefficient (Wildman–Crippen LogP) is 3.58. The maximum absolute atomic E-state index is 4.13. The molecule has 0 amide bonds. The summed E-state index contributed by atoms with van der Waals surface area (Å²) in [6.45, 7) is 2.75. The second-order valence-corrected chi connectivity index (χ2v) is 4.24. The molecule has 0 aliphatic carbocycles. The lowest BCUT2D eigenvalue weighted by Gasteiger charge is -2.18. The second kappa shape index (κ2) is 4.57. The van der Waals surface area contributed by atoms with Crippen LogP contribution >= 0.6 is 15.9 Å². The summed E-state index contributed by atoms with van der Waals surface area (Å²) in [6, 6.07) is 8.35. The third kappa shape index (κ3) is 2.26. The normalized spacial score (nSPS) is 20.4. The molecule has 1 aromatic rings. The maximum atomic E-state index is 4.13. The zero-order valence-corrected chi connectivity index (χ0v) is 10.1. The molecule has 78 valence electrons. The number of allylic oxidation sites excluding steroid dienone is 1. The molecule has 0 spiro atoms. The quantitative estimate of drug-likeness (QED) is 0.752. The van der Waals surface area contributed by atoms with Gasteiger partial charge in [-0.25, -0.2) is 5.01 Å². The Balaban J connectivity index is 2.22. The minimum atomic E-state index is 0.260. The lowest BCUT2D eigenvalue weighted by atomic mass is 10.2. The van der Waals surface area contributed by atoms with Crippen molar-refractivity contribution in [1.29, 1.82) is 0 Å². The molecule has 4 heteroatoms. The van der Waals surface area contributed by atoms with Crippen molar-refractivity contribution >= 4 is 21.6 Å². The highest BCUT2D eigenvalue weighted by Crippen LogP contribution is 2.24. The highest BCUT2D eigenvalue weighted by molar-refractivity contribution is 9.10. The van der Waals surface area contributed by atoms with Crippen molar-refractivity contribution in [2.24, 2.45) is 10.3 Å². The van der Waals surface area contributed by atoms with Gasteiger partial charge in [-0.05, 0) is 31.2 Å². The van der Waals surface area contributed by atoms with Gasteiger partial charge in [0.2, 0.25) is 0 Å². The molecule has 0 aromatic heterocycles. The fraction of sp³-hybridized carbons (Fsp3) is 0.273. The van der Waals surface area contributed by atoms with Crippen LogP contribution in [0.4, 0.5) is 5.69 Å². The molecule has 1 unspecified atom stereocenters. The Morgan fingerprint density at radius 2 is 2.13 bits per heavy atom. The van der Waals surface area contributed by atoms with Gasteiger partial charge in [0, 0.05) is 4.47 Å². The first-order chi connectivity index (χ1) is 7.31. The molecule has 0 saturated heterocycles. The van der Waals surface area contributed by atoms with Crippen molar-refractivity contribution in [3.63, 3.8) is 0 Å². The summed E-state index contributed by atoms with van der Waals surface area (Å²) in [7, 11) is 0. The van der Waals surface area contributed by atoms with Crippen LogP contribution < -0.4 is 5.01 Å². The lowest BCUT2D eigenvalue weighted by molar-refractivity contribution is 0.812. The fourth-order valence-corrected chi connectivity index (χ4v) is 1.80. The molecule has 0 saturated carbocycles. The largest absolute Gasteiger partial charge is 0.238 e. The molecule has 0 bridgehead atoms. The summed E-state index contributed by atoms with van der Waals surface area (Å²) >= 11 is 3.41. The zero-order chi connectivity index (χ0) is 10.7. The van der Waals surface area contributed by atoms with Crippen LogP contribution in [0, 0.1) is 0 Å². The van der Waals surface area contributed by atoms with Crippen LogP contribution in [-0.2, 0) is 0 Å². The Morgan fingerprint density at radius 1 is 1.40 bits per heavy atom. The number of nitrogens with zero attached hydrogens (tertiary/aromatic N) is 3. The minimum Gasteiger partial charge on any atom is -0.238 e. The van der Waals surface area contributed by atoms with E-state index in [1.54, 1.807) is 0 Å². The van der Waals surface area contributed by atoms with Crippen molar-refractivity contribution in [3.8, 4) is 0 Å². The average Bonchev–Trinajstić information content (AvgIpc) is 2.68. The van der Waals surface area contributed by atoms with Crippen molar-refractivity contribution in [3.05, 3.63) is 40.9 Å². The van der Waals surface area contributed by atoms with Gasteiger partial charge in [0.15, 0.2) is 0 Å². The smallest absolute Gasteiger partial charge is 0.0937 e. The van der Waals surface area contributed by atoms with Gasteiger partial charge >= 0.3 is 0 Å². The van der Waals surface area contributed by atoms with Crippen LogP contribution in [0.2, 0.25) is 0 Å². The van der Waals surface area contributed by atoms with E-state index in [0.717, 1.165) is 16.7 Å². The number of hydrogen-bond donors (Lipinski definition) is 0. The molecule has 2 rings (SSSR count). The molecule has 1 aromatic carbocycles. The van der Waals surface area contributed by atoms with Crippen molar-refractivity contribution in [1.82, 2.24) is 0 Å².